The monoisotopic (exact) mass is 437 g/mol. The molecule has 0 aliphatic heterocycles. The number of nitro groups is 1. The van der Waals surface area contributed by atoms with Crippen LogP contribution in [0.4, 0.5) is 24.5 Å². The highest BCUT2D eigenvalue weighted by atomic mass is 32.1. The van der Waals surface area contributed by atoms with Crippen LogP contribution in [-0.4, -0.2) is 22.9 Å². The van der Waals surface area contributed by atoms with Gasteiger partial charge in [-0.2, -0.15) is 13.2 Å². The van der Waals surface area contributed by atoms with Crippen LogP contribution in [0.1, 0.15) is 20.9 Å². The van der Waals surface area contributed by atoms with Crippen molar-refractivity contribution in [2.75, 3.05) is 12.4 Å². The van der Waals surface area contributed by atoms with E-state index in [9.17, 15) is 28.1 Å². The minimum absolute atomic E-state index is 0.112. The molecule has 156 valence electrons. The molecule has 1 N–H and O–H groups in total. The van der Waals surface area contributed by atoms with E-state index in [-0.39, 0.29) is 22.0 Å². The second-order valence-electron chi connectivity index (χ2n) is 6.10. The highest BCUT2D eigenvalue weighted by molar-refractivity contribution is 7.17. The summed E-state index contributed by atoms with van der Waals surface area (Å²) in [5.74, 6) is -0.332. The molecule has 0 aliphatic rings. The fourth-order valence-electron chi connectivity index (χ4n) is 2.62. The number of non-ortho nitro benzene ring substituents is 1. The molecular formula is C19H14F3N3O4S. The normalized spacial score (nSPS) is 11.2. The minimum Gasteiger partial charge on any atom is -0.495 e. The fraction of sp³-hybridized carbons (Fsp3) is 0.158. The number of nitrogens with zero attached hydrogens (tertiary/aromatic N) is 2. The lowest BCUT2D eigenvalue weighted by Gasteiger charge is -2.09. The highest BCUT2D eigenvalue weighted by Crippen LogP contribution is 2.34. The number of methoxy groups -OCH3 is 1. The van der Waals surface area contributed by atoms with Crippen molar-refractivity contribution >= 4 is 28.6 Å². The highest BCUT2D eigenvalue weighted by Gasteiger charge is 2.30. The Hall–Kier alpha value is -3.47. The van der Waals surface area contributed by atoms with Crippen molar-refractivity contribution in [1.29, 1.82) is 0 Å². The maximum atomic E-state index is 12.7. The Balaban J connectivity index is 1.88. The number of carbonyl (C=O) groups is 1. The standard InChI is InChI=1S/C19H14F3N3O4S/c1-10-16(17(26)24-14-9-13(25(27)28)7-8-15(14)29-2)30-18(23-10)11-3-5-12(6-4-11)19(20,21)22/h3-9H,1-2H3,(H,24,26). The SMILES string of the molecule is COc1ccc([N+](=O)[O-])cc1NC(=O)c1sc(-c2ccc(C(F)(F)F)cc2)nc1C. The maximum absolute atomic E-state index is 12.7. The number of amides is 1. The first-order valence-electron chi connectivity index (χ1n) is 8.39. The van der Waals surface area contributed by atoms with E-state index in [1.807, 2.05) is 0 Å². The Morgan fingerprint density at radius 2 is 1.87 bits per heavy atom. The lowest BCUT2D eigenvalue weighted by atomic mass is 10.1. The molecule has 7 nitrogen and oxygen atoms in total. The molecule has 0 saturated carbocycles. The average Bonchev–Trinajstić information content (AvgIpc) is 3.09. The van der Waals surface area contributed by atoms with Crippen molar-refractivity contribution in [3.8, 4) is 16.3 Å². The summed E-state index contributed by atoms with van der Waals surface area (Å²) in [7, 11) is 1.36. The van der Waals surface area contributed by atoms with Crippen molar-refractivity contribution in [3.05, 3.63) is 68.7 Å². The van der Waals surface area contributed by atoms with Gasteiger partial charge in [-0.25, -0.2) is 4.98 Å². The number of carbonyl (C=O) groups excluding carboxylic acids is 1. The van der Waals surface area contributed by atoms with Gasteiger partial charge in [0.1, 0.15) is 15.6 Å². The van der Waals surface area contributed by atoms with E-state index in [1.165, 1.54) is 37.4 Å². The Kier molecular flexibility index (Phi) is 5.74. The zero-order valence-corrected chi connectivity index (χ0v) is 16.4. The van der Waals surface area contributed by atoms with Crippen LogP contribution in [0.25, 0.3) is 10.6 Å². The Bertz CT molecular complexity index is 1110. The van der Waals surface area contributed by atoms with E-state index >= 15 is 0 Å². The van der Waals surface area contributed by atoms with Gasteiger partial charge in [-0.05, 0) is 25.1 Å². The number of nitro benzene ring substituents is 1. The van der Waals surface area contributed by atoms with Gasteiger partial charge in [0.2, 0.25) is 0 Å². The lowest BCUT2D eigenvalue weighted by molar-refractivity contribution is -0.384. The summed E-state index contributed by atoms with van der Waals surface area (Å²) in [6, 6.07) is 8.23. The number of thiazole rings is 1. The molecule has 2 aromatic carbocycles. The first-order valence-corrected chi connectivity index (χ1v) is 9.20. The number of halogens is 3. The quantitative estimate of drug-likeness (QED) is 0.431. The van der Waals surface area contributed by atoms with Crippen molar-refractivity contribution in [3.63, 3.8) is 0 Å². The Morgan fingerprint density at radius 3 is 2.43 bits per heavy atom. The van der Waals surface area contributed by atoms with E-state index in [0.29, 0.717) is 16.3 Å². The number of hydrogen-bond acceptors (Lipinski definition) is 6. The number of aromatic nitrogens is 1. The van der Waals surface area contributed by atoms with Crippen LogP contribution < -0.4 is 10.1 Å². The van der Waals surface area contributed by atoms with Crippen molar-refractivity contribution < 1.29 is 27.6 Å². The van der Waals surface area contributed by atoms with Gasteiger partial charge in [-0.3, -0.25) is 14.9 Å². The third kappa shape index (κ3) is 4.40. The first-order chi connectivity index (χ1) is 14.1. The smallest absolute Gasteiger partial charge is 0.416 e. The summed E-state index contributed by atoms with van der Waals surface area (Å²) in [4.78, 5) is 27.6. The second kappa shape index (κ2) is 8.11. The predicted molar refractivity (Wildman–Crippen MR) is 105 cm³/mol. The molecule has 0 saturated heterocycles. The van der Waals surface area contributed by atoms with Crippen molar-refractivity contribution in [2.24, 2.45) is 0 Å². The Morgan fingerprint density at radius 1 is 1.20 bits per heavy atom. The molecule has 0 radical (unpaired) electrons. The summed E-state index contributed by atoms with van der Waals surface area (Å²) in [5.41, 5.74) is -0.0895. The molecule has 0 spiro atoms. The molecule has 11 heteroatoms. The summed E-state index contributed by atoms with van der Waals surface area (Å²) in [6.45, 7) is 1.59. The molecule has 0 fully saturated rings. The van der Waals surface area contributed by atoms with Gasteiger partial charge in [0.15, 0.2) is 0 Å². The fourth-order valence-corrected chi connectivity index (χ4v) is 3.59. The van der Waals surface area contributed by atoms with E-state index in [2.05, 4.69) is 10.3 Å². The summed E-state index contributed by atoms with van der Waals surface area (Å²) >= 11 is 0.998. The van der Waals surface area contributed by atoms with Gasteiger partial charge in [-0.1, -0.05) is 12.1 Å². The maximum Gasteiger partial charge on any atom is 0.416 e. The van der Waals surface area contributed by atoms with E-state index in [0.717, 1.165) is 23.5 Å². The molecule has 1 heterocycles. The molecule has 1 aromatic heterocycles. The van der Waals surface area contributed by atoms with Gasteiger partial charge in [0.25, 0.3) is 11.6 Å². The molecule has 0 aliphatic carbocycles. The van der Waals surface area contributed by atoms with Crippen molar-refractivity contribution in [1.82, 2.24) is 4.98 Å². The number of hydrogen-bond donors (Lipinski definition) is 1. The number of rotatable bonds is 5. The van der Waals surface area contributed by atoms with Gasteiger partial charge in [-0.15, -0.1) is 11.3 Å². The third-order valence-electron chi connectivity index (χ3n) is 4.10. The molecule has 30 heavy (non-hydrogen) atoms. The van der Waals surface area contributed by atoms with E-state index < -0.39 is 22.6 Å². The van der Waals surface area contributed by atoms with Crippen LogP contribution in [0.15, 0.2) is 42.5 Å². The molecule has 0 bridgehead atoms. The predicted octanol–water partition coefficient (Wildman–Crippen LogP) is 5.31. The van der Waals surface area contributed by atoms with Crippen molar-refractivity contribution in [2.45, 2.75) is 13.1 Å². The number of benzene rings is 2. The second-order valence-corrected chi connectivity index (χ2v) is 7.10. The summed E-state index contributed by atoms with van der Waals surface area (Å²) < 4.78 is 43.3. The zero-order valence-electron chi connectivity index (χ0n) is 15.6. The minimum atomic E-state index is -4.44. The number of alkyl halides is 3. The van der Waals surface area contributed by atoms with Crippen LogP contribution in [0.2, 0.25) is 0 Å². The summed E-state index contributed by atoms with van der Waals surface area (Å²) in [6.07, 6.45) is -4.44. The van der Waals surface area contributed by atoms with Crippen LogP contribution >= 0.6 is 11.3 Å². The lowest BCUT2D eigenvalue weighted by Crippen LogP contribution is -2.12. The zero-order chi connectivity index (χ0) is 22.1. The number of aryl methyl sites for hydroxylation is 1. The van der Waals surface area contributed by atoms with Crippen LogP contribution in [0, 0.1) is 17.0 Å². The number of nitrogens with one attached hydrogen (secondary N) is 1. The molecule has 1 amide bonds. The molecular weight excluding hydrogens is 423 g/mol. The summed E-state index contributed by atoms with van der Waals surface area (Å²) in [5, 5.41) is 13.9. The third-order valence-corrected chi connectivity index (χ3v) is 5.31. The molecule has 3 aromatic rings. The van der Waals surface area contributed by atoms with E-state index in [4.69, 9.17) is 4.74 Å². The van der Waals surface area contributed by atoms with Crippen LogP contribution in [-0.2, 0) is 6.18 Å². The van der Waals surface area contributed by atoms with Gasteiger partial charge >= 0.3 is 6.18 Å². The van der Waals surface area contributed by atoms with Gasteiger partial charge < -0.3 is 10.1 Å². The van der Waals surface area contributed by atoms with Gasteiger partial charge in [0.05, 0.1) is 29.0 Å². The van der Waals surface area contributed by atoms with Gasteiger partial charge in [0, 0.05) is 17.7 Å². The molecule has 0 unspecified atom stereocenters. The number of ether oxygens (including phenoxy) is 1. The van der Waals surface area contributed by atoms with Crippen LogP contribution in [0.3, 0.4) is 0 Å². The molecule has 0 atom stereocenters. The van der Waals surface area contributed by atoms with Crippen LogP contribution in [0.5, 0.6) is 5.75 Å². The topological polar surface area (TPSA) is 94.4 Å². The first kappa shape index (κ1) is 21.2. The van der Waals surface area contributed by atoms with E-state index in [1.54, 1.807) is 6.92 Å². The average molecular weight is 437 g/mol. The Labute approximate surface area is 172 Å². The molecule has 3 rings (SSSR count). The largest absolute Gasteiger partial charge is 0.495 e. The number of anilines is 1.